The van der Waals surface area contributed by atoms with Crippen molar-refractivity contribution in [3.05, 3.63) is 47.5 Å². The van der Waals surface area contributed by atoms with E-state index in [0.29, 0.717) is 0 Å². The van der Waals surface area contributed by atoms with Gasteiger partial charge in [-0.25, -0.2) is 19.3 Å². The molecule has 6 heteroatoms. The Morgan fingerprint density at radius 3 is 2.79 bits per heavy atom. The van der Waals surface area contributed by atoms with Crippen LogP contribution in [0.3, 0.4) is 0 Å². The zero-order valence-electron chi connectivity index (χ0n) is 10.0. The summed E-state index contributed by atoms with van der Waals surface area (Å²) in [5, 5.41) is 3.24. The Hall–Kier alpha value is -2.08. The fraction of sp³-hybridized carbons (Fsp3) is 0.154. The first-order valence-electron chi connectivity index (χ1n) is 5.85. The quantitative estimate of drug-likeness (QED) is 0.794. The summed E-state index contributed by atoms with van der Waals surface area (Å²) in [6, 6.07) is 6.52. The minimum absolute atomic E-state index is 0.211. The van der Waals surface area contributed by atoms with Gasteiger partial charge in [-0.2, -0.15) is 0 Å². The van der Waals surface area contributed by atoms with Gasteiger partial charge in [-0.15, -0.1) is 11.3 Å². The summed E-state index contributed by atoms with van der Waals surface area (Å²) >= 11 is 1.49. The average Bonchev–Trinajstić information content (AvgIpc) is 2.90. The maximum Gasteiger partial charge on any atom is 0.156 e. The minimum atomic E-state index is -0.211. The molecule has 2 heterocycles. The Kier molecular flexibility index (Phi) is 3.33. The van der Waals surface area contributed by atoms with Gasteiger partial charge in [0, 0.05) is 6.54 Å². The molecule has 19 heavy (non-hydrogen) atoms. The first kappa shape index (κ1) is 12.0. The van der Waals surface area contributed by atoms with Gasteiger partial charge in [0.1, 0.15) is 22.5 Å². The third kappa shape index (κ3) is 2.68. The van der Waals surface area contributed by atoms with E-state index in [9.17, 15) is 4.39 Å². The van der Waals surface area contributed by atoms with E-state index in [0.717, 1.165) is 34.7 Å². The number of anilines is 1. The lowest BCUT2D eigenvalue weighted by Gasteiger charge is -2.05. The van der Waals surface area contributed by atoms with E-state index >= 15 is 0 Å². The highest BCUT2D eigenvalue weighted by molar-refractivity contribution is 7.16. The third-order valence-electron chi connectivity index (χ3n) is 2.75. The van der Waals surface area contributed by atoms with E-state index in [1.807, 2.05) is 0 Å². The predicted molar refractivity (Wildman–Crippen MR) is 73.8 cm³/mol. The van der Waals surface area contributed by atoms with Crippen LogP contribution in [0.2, 0.25) is 0 Å². The lowest BCUT2D eigenvalue weighted by atomic mass is 10.1. The minimum Gasteiger partial charge on any atom is -0.368 e. The second-order valence-corrected chi connectivity index (χ2v) is 4.86. The van der Waals surface area contributed by atoms with Crippen LogP contribution in [0.4, 0.5) is 10.2 Å². The third-order valence-corrected chi connectivity index (χ3v) is 3.49. The molecule has 2 aromatic heterocycles. The summed E-state index contributed by atoms with van der Waals surface area (Å²) < 4.78 is 12.8. The number of nitrogens with one attached hydrogen (secondary N) is 1. The van der Waals surface area contributed by atoms with Crippen molar-refractivity contribution < 1.29 is 4.39 Å². The van der Waals surface area contributed by atoms with Crippen molar-refractivity contribution in [2.75, 3.05) is 11.9 Å². The molecule has 0 aliphatic carbocycles. The van der Waals surface area contributed by atoms with Crippen LogP contribution in [-0.4, -0.2) is 21.5 Å². The fourth-order valence-electron chi connectivity index (χ4n) is 1.80. The van der Waals surface area contributed by atoms with Crippen LogP contribution >= 0.6 is 11.3 Å². The molecular weight excluding hydrogens is 263 g/mol. The zero-order valence-corrected chi connectivity index (χ0v) is 10.8. The molecule has 3 rings (SSSR count). The molecule has 0 spiro atoms. The number of nitrogens with zero attached hydrogens (tertiary/aromatic N) is 3. The summed E-state index contributed by atoms with van der Waals surface area (Å²) in [6.07, 6.45) is 2.33. The molecule has 0 atom stereocenters. The van der Waals surface area contributed by atoms with Gasteiger partial charge < -0.3 is 5.32 Å². The highest BCUT2D eigenvalue weighted by atomic mass is 32.1. The topological polar surface area (TPSA) is 50.7 Å². The van der Waals surface area contributed by atoms with Crippen LogP contribution < -0.4 is 5.32 Å². The molecule has 0 saturated heterocycles. The number of fused-ring (bicyclic) bond motifs is 1. The molecule has 3 aromatic rings. The highest BCUT2D eigenvalue weighted by Crippen LogP contribution is 2.20. The maximum atomic E-state index is 12.8. The molecular formula is C13H11FN4S. The summed E-state index contributed by atoms with van der Waals surface area (Å²) in [5.74, 6) is 0.532. The van der Waals surface area contributed by atoms with Crippen molar-refractivity contribution >= 4 is 27.5 Å². The second-order valence-electron chi connectivity index (χ2n) is 4.03. The van der Waals surface area contributed by atoms with Crippen molar-refractivity contribution in [3.63, 3.8) is 0 Å². The van der Waals surface area contributed by atoms with Crippen molar-refractivity contribution in [2.45, 2.75) is 6.42 Å². The van der Waals surface area contributed by atoms with Crippen LogP contribution in [0, 0.1) is 5.82 Å². The van der Waals surface area contributed by atoms with Gasteiger partial charge in [-0.05, 0) is 24.1 Å². The van der Waals surface area contributed by atoms with Crippen LogP contribution in [0.25, 0.3) is 10.3 Å². The summed E-state index contributed by atoms with van der Waals surface area (Å²) in [4.78, 5) is 13.4. The molecule has 0 unspecified atom stereocenters. The molecule has 0 saturated carbocycles. The van der Waals surface area contributed by atoms with Gasteiger partial charge in [0.25, 0.3) is 0 Å². The van der Waals surface area contributed by atoms with Crippen LogP contribution in [-0.2, 0) is 6.42 Å². The Balaban J connectivity index is 1.66. The zero-order chi connectivity index (χ0) is 13.1. The molecule has 0 amide bonds. The first-order chi connectivity index (χ1) is 9.33. The molecule has 0 fully saturated rings. The second kappa shape index (κ2) is 5.27. The Morgan fingerprint density at radius 1 is 1.11 bits per heavy atom. The maximum absolute atomic E-state index is 12.8. The molecule has 0 bridgehead atoms. The fourth-order valence-corrected chi connectivity index (χ4v) is 2.43. The normalized spacial score (nSPS) is 10.8. The van der Waals surface area contributed by atoms with Crippen molar-refractivity contribution in [1.29, 1.82) is 0 Å². The Labute approximate surface area is 113 Å². The van der Waals surface area contributed by atoms with Gasteiger partial charge in [0.05, 0.1) is 5.51 Å². The van der Waals surface area contributed by atoms with E-state index in [1.54, 1.807) is 17.6 Å². The Bertz CT molecular complexity index is 680. The van der Waals surface area contributed by atoms with E-state index in [-0.39, 0.29) is 5.82 Å². The van der Waals surface area contributed by atoms with E-state index in [4.69, 9.17) is 0 Å². The van der Waals surface area contributed by atoms with Gasteiger partial charge in [-0.3, -0.25) is 0 Å². The van der Waals surface area contributed by atoms with Crippen LogP contribution in [0.1, 0.15) is 5.56 Å². The molecule has 96 valence electrons. The van der Waals surface area contributed by atoms with E-state index in [2.05, 4.69) is 20.3 Å². The van der Waals surface area contributed by atoms with Crippen molar-refractivity contribution in [3.8, 4) is 0 Å². The summed E-state index contributed by atoms with van der Waals surface area (Å²) in [5.41, 5.74) is 3.63. The Morgan fingerprint density at radius 2 is 1.95 bits per heavy atom. The van der Waals surface area contributed by atoms with E-state index < -0.39 is 0 Å². The van der Waals surface area contributed by atoms with Gasteiger partial charge >= 0.3 is 0 Å². The SMILES string of the molecule is Fc1ccc(CCNc2ncnc3scnc23)cc1. The molecule has 0 radical (unpaired) electrons. The van der Waals surface area contributed by atoms with E-state index in [1.165, 1.54) is 29.8 Å². The summed E-state index contributed by atoms with van der Waals surface area (Å²) in [6.45, 7) is 0.718. The van der Waals surface area contributed by atoms with Gasteiger partial charge in [0.15, 0.2) is 5.82 Å². The highest BCUT2D eigenvalue weighted by Gasteiger charge is 2.05. The number of hydrogen-bond donors (Lipinski definition) is 1. The van der Waals surface area contributed by atoms with Crippen LogP contribution in [0.5, 0.6) is 0 Å². The predicted octanol–water partition coefficient (Wildman–Crippen LogP) is 2.88. The molecule has 4 nitrogen and oxygen atoms in total. The number of hydrogen-bond acceptors (Lipinski definition) is 5. The number of thiazole rings is 1. The molecule has 0 aliphatic heterocycles. The van der Waals surface area contributed by atoms with Gasteiger partial charge in [0.2, 0.25) is 0 Å². The average molecular weight is 274 g/mol. The van der Waals surface area contributed by atoms with Crippen molar-refractivity contribution in [1.82, 2.24) is 15.0 Å². The summed E-state index contributed by atoms with van der Waals surface area (Å²) in [7, 11) is 0. The largest absolute Gasteiger partial charge is 0.368 e. The van der Waals surface area contributed by atoms with Crippen LogP contribution in [0.15, 0.2) is 36.1 Å². The number of aromatic nitrogens is 3. The number of halogens is 1. The molecule has 0 aliphatic rings. The lowest BCUT2D eigenvalue weighted by molar-refractivity contribution is 0.627. The standard InChI is InChI=1S/C13H11FN4S/c14-10-3-1-9(2-4-10)5-6-15-12-11-13(17-7-16-12)19-8-18-11/h1-4,7-8H,5-6H2,(H,15,16,17). The first-order valence-corrected chi connectivity index (χ1v) is 6.73. The number of rotatable bonds is 4. The molecule has 1 N–H and O–H groups in total. The van der Waals surface area contributed by atoms with Gasteiger partial charge in [-0.1, -0.05) is 12.1 Å². The van der Waals surface area contributed by atoms with Crippen molar-refractivity contribution in [2.24, 2.45) is 0 Å². The lowest BCUT2D eigenvalue weighted by Crippen LogP contribution is -2.07. The number of benzene rings is 1. The molecule has 1 aromatic carbocycles. The monoisotopic (exact) mass is 274 g/mol. The smallest absolute Gasteiger partial charge is 0.156 e.